The van der Waals surface area contributed by atoms with Gasteiger partial charge in [0.05, 0.1) is 5.70 Å². The van der Waals surface area contributed by atoms with E-state index in [1.165, 1.54) is 4.90 Å². The van der Waals surface area contributed by atoms with E-state index in [0.717, 1.165) is 0 Å². The van der Waals surface area contributed by atoms with Gasteiger partial charge < -0.3 is 4.74 Å². The van der Waals surface area contributed by atoms with Gasteiger partial charge in [-0.3, -0.25) is 4.90 Å². The Kier molecular flexibility index (Phi) is 1.24. The second-order valence-corrected chi connectivity index (χ2v) is 2.88. The monoisotopic (exact) mass is 141 g/mol. The highest BCUT2D eigenvalue weighted by Gasteiger charge is 2.39. The summed E-state index contributed by atoms with van der Waals surface area (Å²) in [5.74, 6) is 0. The molecule has 1 saturated heterocycles. The average molecular weight is 141 g/mol. The van der Waals surface area contributed by atoms with Crippen LogP contribution in [-0.4, -0.2) is 23.6 Å². The molecule has 0 bridgehead atoms. The molecule has 0 unspecified atom stereocenters. The zero-order valence-electron chi connectivity index (χ0n) is 6.47. The Morgan fingerprint density at radius 2 is 2.10 bits per heavy atom. The van der Waals surface area contributed by atoms with Crippen LogP contribution in [0.25, 0.3) is 0 Å². The number of carbonyl (C=O) groups is 1. The molecule has 3 nitrogen and oxygen atoms in total. The van der Waals surface area contributed by atoms with E-state index in [-0.39, 0.29) is 6.09 Å². The molecule has 1 aliphatic heterocycles. The summed E-state index contributed by atoms with van der Waals surface area (Å²) in [5, 5.41) is 0. The van der Waals surface area contributed by atoms with Crippen molar-refractivity contribution in [2.24, 2.45) is 0 Å². The van der Waals surface area contributed by atoms with Crippen LogP contribution in [0, 0.1) is 0 Å². The number of amides is 1. The first-order valence-corrected chi connectivity index (χ1v) is 3.11. The molecule has 56 valence electrons. The van der Waals surface area contributed by atoms with Crippen LogP contribution in [0.3, 0.4) is 0 Å². The fraction of sp³-hybridized carbons (Fsp3) is 0.571. The normalized spacial score (nSPS) is 23.3. The van der Waals surface area contributed by atoms with Crippen molar-refractivity contribution in [3.8, 4) is 0 Å². The van der Waals surface area contributed by atoms with Gasteiger partial charge in [0.25, 0.3) is 0 Å². The molecule has 0 saturated carbocycles. The van der Waals surface area contributed by atoms with Crippen LogP contribution in [0.5, 0.6) is 0 Å². The molecule has 0 aromatic rings. The maximum atomic E-state index is 10.8. The number of carbonyl (C=O) groups excluding carboxylic acids is 1. The van der Waals surface area contributed by atoms with Crippen LogP contribution >= 0.6 is 0 Å². The minimum atomic E-state index is -0.522. The highest BCUT2D eigenvalue weighted by Crippen LogP contribution is 2.29. The molecular weight excluding hydrogens is 130 g/mol. The number of hydrogen-bond donors (Lipinski definition) is 0. The minimum Gasteiger partial charge on any atom is -0.437 e. The second-order valence-electron chi connectivity index (χ2n) is 2.88. The Morgan fingerprint density at radius 3 is 2.20 bits per heavy atom. The molecular formula is C7H11NO2. The van der Waals surface area contributed by atoms with Gasteiger partial charge in [0.2, 0.25) is 0 Å². The lowest BCUT2D eigenvalue weighted by molar-refractivity contribution is 0.0945. The van der Waals surface area contributed by atoms with Gasteiger partial charge in [-0.05, 0) is 13.8 Å². The summed E-state index contributed by atoms with van der Waals surface area (Å²) in [6.07, 6.45) is -0.324. The van der Waals surface area contributed by atoms with Crippen molar-refractivity contribution >= 4 is 6.09 Å². The molecule has 0 aromatic heterocycles. The molecule has 10 heavy (non-hydrogen) atoms. The van der Waals surface area contributed by atoms with E-state index in [1.807, 2.05) is 13.8 Å². The van der Waals surface area contributed by atoms with Gasteiger partial charge in [0, 0.05) is 7.05 Å². The fourth-order valence-electron chi connectivity index (χ4n) is 0.860. The first-order valence-electron chi connectivity index (χ1n) is 3.11. The highest BCUT2D eigenvalue weighted by atomic mass is 16.6. The predicted molar refractivity (Wildman–Crippen MR) is 37.5 cm³/mol. The zero-order chi connectivity index (χ0) is 7.94. The highest BCUT2D eigenvalue weighted by molar-refractivity contribution is 5.74. The predicted octanol–water partition coefficient (Wildman–Crippen LogP) is 1.36. The van der Waals surface area contributed by atoms with E-state index in [9.17, 15) is 4.79 Å². The SMILES string of the molecule is C=C1N(C)C(=O)OC1(C)C. The maximum Gasteiger partial charge on any atom is 0.414 e. The number of hydrogen-bond acceptors (Lipinski definition) is 2. The van der Waals surface area contributed by atoms with Gasteiger partial charge in [-0.1, -0.05) is 6.58 Å². The van der Waals surface area contributed by atoms with Crippen LogP contribution in [-0.2, 0) is 4.74 Å². The summed E-state index contributed by atoms with van der Waals surface area (Å²) in [5.41, 5.74) is 0.184. The topological polar surface area (TPSA) is 29.5 Å². The summed E-state index contributed by atoms with van der Waals surface area (Å²) >= 11 is 0. The largest absolute Gasteiger partial charge is 0.437 e. The Balaban J connectivity index is 2.92. The quantitative estimate of drug-likeness (QED) is 0.509. The Bertz CT molecular complexity index is 196. The van der Waals surface area contributed by atoms with Gasteiger partial charge in [0.1, 0.15) is 5.60 Å². The van der Waals surface area contributed by atoms with E-state index in [4.69, 9.17) is 4.74 Å². The Labute approximate surface area is 60.3 Å². The summed E-state index contributed by atoms with van der Waals surface area (Å²) in [6.45, 7) is 7.35. The third kappa shape index (κ3) is 0.781. The summed E-state index contributed by atoms with van der Waals surface area (Å²) in [4.78, 5) is 12.3. The summed E-state index contributed by atoms with van der Waals surface area (Å²) < 4.78 is 4.96. The van der Waals surface area contributed by atoms with E-state index < -0.39 is 5.60 Å². The van der Waals surface area contributed by atoms with Crippen LogP contribution in [0.1, 0.15) is 13.8 Å². The van der Waals surface area contributed by atoms with Gasteiger partial charge in [0.15, 0.2) is 0 Å². The minimum absolute atomic E-state index is 0.324. The standard InChI is InChI=1S/C7H11NO2/c1-5-7(2,3)10-6(9)8(5)4/h1H2,2-4H3. The van der Waals surface area contributed by atoms with Gasteiger partial charge in [-0.25, -0.2) is 4.79 Å². The van der Waals surface area contributed by atoms with Crippen molar-refractivity contribution in [1.82, 2.24) is 4.90 Å². The second kappa shape index (κ2) is 1.75. The number of likely N-dealkylation sites (N-methyl/N-ethyl adjacent to an activating group) is 1. The lowest BCUT2D eigenvalue weighted by Gasteiger charge is -2.16. The lowest BCUT2D eigenvalue weighted by atomic mass is 10.1. The molecule has 0 atom stereocenters. The van der Waals surface area contributed by atoms with Crippen LogP contribution < -0.4 is 0 Å². The van der Waals surface area contributed by atoms with Gasteiger partial charge in [-0.2, -0.15) is 0 Å². The van der Waals surface area contributed by atoms with E-state index >= 15 is 0 Å². The Hall–Kier alpha value is -0.990. The van der Waals surface area contributed by atoms with Crippen LogP contribution in [0.2, 0.25) is 0 Å². The average Bonchev–Trinajstić information content (AvgIpc) is 1.95. The fourth-order valence-corrected chi connectivity index (χ4v) is 0.860. The first kappa shape index (κ1) is 7.12. The van der Waals surface area contributed by atoms with Crippen molar-refractivity contribution in [3.05, 3.63) is 12.3 Å². The number of ether oxygens (including phenoxy) is 1. The summed E-state index contributed by atoms with van der Waals surface area (Å²) in [7, 11) is 1.65. The molecule has 0 aliphatic carbocycles. The number of nitrogens with zero attached hydrogens (tertiary/aromatic N) is 1. The lowest BCUT2D eigenvalue weighted by Crippen LogP contribution is -2.21. The van der Waals surface area contributed by atoms with Crippen molar-refractivity contribution in [3.63, 3.8) is 0 Å². The molecule has 1 heterocycles. The van der Waals surface area contributed by atoms with Crippen LogP contribution in [0.4, 0.5) is 4.79 Å². The van der Waals surface area contributed by atoms with E-state index in [0.29, 0.717) is 5.70 Å². The molecule has 0 spiro atoms. The van der Waals surface area contributed by atoms with Gasteiger partial charge in [-0.15, -0.1) is 0 Å². The smallest absolute Gasteiger partial charge is 0.414 e. The summed E-state index contributed by atoms with van der Waals surface area (Å²) in [6, 6.07) is 0. The number of rotatable bonds is 0. The molecule has 1 amide bonds. The van der Waals surface area contributed by atoms with Crippen LogP contribution in [0.15, 0.2) is 12.3 Å². The Morgan fingerprint density at radius 1 is 1.60 bits per heavy atom. The molecule has 0 aromatic carbocycles. The number of cyclic esters (lactones) is 1. The van der Waals surface area contributed by atoms with Crippen molar-refractivity contribution in [2.45, 2.75) is 19.4 Å². The third-order valence-electron chi connectivity index (χ3n) is 1.72. The van der Waals surface area contributed by atoms with Crippen molar-refractivity contribution in [2.75, 3.05) is 7.05 Å². The van der Waals surface area contributed by atoms with Gasteiger partial charge >= 0.3 is 6.09 Å². The van der Waals surface area contributed by atoms with Crippen molar-refractivity contribution in [1.29, 1.82) is 0 Å². The van der Waals surface area contributed by atoms with Crippen molar-refractivity contribution < 1.29 is 9.53 Å². The molecule has 0 radical (unpaired) electrons. The first-order chi connectivity index (χ1) is 4.45. The zero-order valence-corrected chi connectivity index (χ0v) is 6.47. The van der Waals surface area contributed by atoms with E-state index in [2.05, 4.69) is 6.58 Å². The molecule has 1 rings (SSSR count). The molecule has 0 N–H and O–H groups in total. The molecule has 1 aliphatic rings. The maximum absolute atomic E-state index is 10.8. The molecule has 1 fully saturated rings. The third-order valence-corrected chi connectivity index (χ3v) is 1.72. The molecule has 3 heteroatoms. The van der Waals surface area contributed by atoms with E-state index in [1.54, 1.807) is 7.05 Å².